The average molecular weight is 383 g/mol. The van der Waals surface area contributed by atoms with E-state index in [-0.39, 0.29) is 11.9 Å². The Kier molecular flexibility index (Phi) is 5.73. The summed E-state index contributed by atoms with van der Waals surface area (Å²) in [5.74, 6) is -0.0413. The molecule has 0 saturated carbocycles. The smallest absolute Gasteiger partial charge is 0.253 e. The van der Waals surface area contributed by atoms with Gasteiger partial charge in [-0.25, -0.2) is 0 Å². The molecule has 2 aliphatic heterocycles. The maximum atomic E-state index is 12.5. The molecule has 1 atom stereocenters. The topological polar surface area (TPSA) is 72.3 Å². The number of nitrogens with zero attached hydrogens (tertiary/aromatic N) is 4. The minimum absolute atomic E-state index is 0.0413. The lowest BCUT2D eigenvalue weighted by atomic mass is 10.0. The van der Waals surface area contributed by atoms with Crippen LogP contribution >= 0.6 is 0 Å². The Balaban J connectivity index is 1.40. The van der Waals surface area contributed by atoms with Gasteiger partial charge in [-0.3, -0.25) is 19.4 Å². The van der Waals surface area contributed by atoms with Crippen molar-refractivity contribution in [1.29, 1.82) is 0 Å². The summed E-state index contributed by atoms with van der Waals surface area (Å²) in [6.45, 7) is 9.10. The number of fused-ring (bicyclic) bond motifs is 1. The number of piperidine rings is 1. The zero-order chi connectivity index (χ0) is 19.5. The van der Waals surface area contributed by atoms with Crippen molar-refractivity contribution >= 4 is 5.91 Å². The highest BCUT2D eigenvalue weighted by molar-refractivity contribution is 5.94. The number of likely N-dealkylation sites (tertiary alicyclic amines) is 1. The second-order valence-corrected chi connectivity index (χ2v) is 7.73. The largest absolute Gasteiger partial charge is 0.376 e. The molecule has 28 heavy (non-hydrogen) atoms. The average Bonchev–Trinajstić information content (AvgIpc) is 3.06. The maximum absolute atomic E-state index is 12.5. The fourth-order valence-electron chi connectivity index (χ4n) is 4.17. The van der Waals surface area contributed by atoms with Gasteiger partial charge in [0.05, 0.1) is 24.5 Å². The summed E-state index contributed by atoms with van der Waals surface area (Å²) in [7, 11) is 0. The molecule has 7 nitrogen and oxygen atoms in total. The van der Waals surface area contributed by atoms with Gasteiger partial charge in [-0.2, -0.15) is 5.10 Å². The third-order valence-electron chi connectivity index (χ3n) is 5.67. The van der Waals surface area contributed by atoms with Crippen LogP contribution < -0.4 is 5.32 Å². The van der Waals surface area contributed by atoms with E-state index in [1.54, 1.807) is 6.20 Å². The Labute approximate surface area is 166 Å². The predicted molar refractivity (Wildman–Crippen MR) is 106 cm³/mol. The molecular formula is C21H29N5O2. The number of nitrogens with one attached hydrogen (secondary N) is 1. The van der Waals surface area contributed by atoms with Crippen molar-refractivity contribution in [2.24, 2.45) is 0 Å². The predicted octanol–water partition coefficient (Wildman–Crippen LogP) is 2.07. The number of carbonyl (C=O) groups is 1. The van der Waals surface area contributed by atoms with Gasteiger partial charge in [0, 0.05) is 55.2 Å². The molecule has 0 aromatic carbocycles. The molecule has 7 heteroatoms. The summed E-state index contributed by atoms with van der Waals surface area (Å²) in [6, 6.07) is 3.86. The number of pyridine rings is 1. The number of hydrogen-bond acceptors (Lipinski definition) is 5. The molecule has 1 N–H and O–H groups in total. The molecule has 2 aromatic heterocycles. The number of amides is 1. The summed E-state index contributed by atoms with van der Waals surface area (Å²) in [5.41, 5.74) is 5.27. The third-order valence-corrected chi connectivity index (χ3v) is 5.67. The number of ether oxygens (including phenoxy) is 1. The second-order valence-electron chi connectivity index (χ2n) is 7.73. The maximum Gasteiger partial charge on any atom is 0.253 e. The molecule has 4 rings (SSSR count). The van der Waals surface area contributed by atoms with Crippen LogP contribution in [-0.4, -0.2) is 51.3 Å². The molecule has 0 spiro atoms. The second kappa shape index (κ2) is 8.41. The summed E-state index contributed by atoms with van der Waals surface area (Å²) < 4.78 is 7.81. The first kappa shape index (κ1) is 19.1. The van der Waals surface area contributed by atoms with Crippen LogP contribution in [0.25, 0.3) is 0 Å². The van der Waals surface area contributed by atoms with Crippen LogP contribution in [0.4, 0.5) is 0 Å². The van der Waals surface area contributed by atoms with Crippen LogP contribution in [-0.2, 0) is 30.9 Å². The quantitative estimate of drug-likeness (QED) is 0.856. The summed E-state index contributed by atoms with van der Waals surface area (Å²) >= 11 is 0. The van der Waals surface area contributed by atoms with Crippen LogP contribution in [0.5, 0.6) is 0 Å². The standard InChI is InChI=1S/C21H29N5O2/c1-3-26-20-8-10-28-14-18(20)19(24-26)13-25-9-4-5-17(12-25)23-21(27)16-7-6-15(2)22-11-16/h6-7,11,17H,3-5,8-10,12-14H2,1-2H3,(H,23,27). The van der Waals surface area contributed by atoms with Crippen LogP contribution in [0.1, 0.15) is 52.8 Å². The van der Waals surface area contributed by atoms with Gasteiger partial charge in [-0.1, -0.05) is 0 Å². The molecule has 150 valence electrons. The van der Waals surface area contributed by atoms with E-state index in [0.29, 0.717) is 12.2 Å². The lowest BCUT2D eigenvalue weighted by Crippen LogP contribution is -2.47. The van der Waals surface area contributed by atoms with Crippen LogP contribution in [0.2, 0.25) is 0 Å². The van der Waals surface area contributed by atoms with Gasteiger partial charge in [0.15, 0.2) is 0 Å². The van der Waals surface area contributed by atoms with Crippen LogP contribution in [0.3, 0.4) is 0 Å². The Hall–Kier alpha value is -2.25. The van der Waals surface area contributed by atoms with E-state index in [0.717, 1.165) is 63.4 Å². The Morgan fingerprint density at radius 3 is 3.07 bits per heavy atom. The van der Waals surface area contributed by atoms with Gasteiger partial charge in [0.25, 0.3) is 5.91 Å². The first-order valence-electron chi connectivity index (χ1n) is 10.2. The lowest BCUT2D eigenvalue weighted by Gasteiger charge is -2.33. The normalized spacial score (nSPS) is 20.0. The van der Waals surface area contributed by atoms with Crippen molar-refractivity contribution < 1.29 is 9.53 Å². The lowest BCUT2D eigenvalue weighted by molar-refractivity contribution is 0.0898. The molecule has 1 unspecified atom stereocenters. The minimum Gasteiger partial charge on any atom is -0.376 e. The van der Waals surface area contributed by atoms with E-state index in [2.05, 4.69) is 26.8 Å². The van der Waals surface area contributed by atoms with Crippen molar-refractivity contribution in [3.05, 3.63) is 46.5 Å². The van der Waals surface area contributed by atoms with Crippen LogP contribution in [0.15, 0.2) is 18.3 Å². The molecular weight excluding hydrogens is 354 g/mol. The van der Waals surface area contributed by atoms with Crippen molar-refractivity contribution in [3.63, 3.8) is 0 Å². The monoisotopic (exact) mass is 383 g/mol. The summed E-state index contributed by atoms with van der Waals surface area (Å²) in [4.78, 5) is 19.1. The number of hydrogen-bond donors (Lipinski definition) is 1. The highest BCUT2D eigenvalue weighted by atomic mass is 16.5. The molecule has 0 aliphatic carbocycles. The van der Waals surface area contributed by atoms with Gasteiger partial charge in [0.1, 0.15) is 0 Å². The molecule has 2 aromatic rings. The fourth-order valence-corrected chi connectivity index (χ4v) is 4.17. The SMILES string of the molecule is CCn1nc(CN2CCCC(NC(=O)c3ccc(C)nc3)C2)c2c1CCOC2. The van der Waals surface area contributed by atoms with Crippen molar-refractivity contribution in [2.75, 3.05) is 19.7 Å². The van der Waals surface area contributed by atoms with E-state index in [1.165, 1.54) is 11.3 Å². The van der Waals surface area contributed by atoms with E-state index in [9.17, 15) is 4.79 Å². The third kappa shape index (κ3) is 4.10. The Morgan fingerprint density at radius 2 is 2.29 bits per heavy atom. The molecule has 1 amide bonds. The fraction of sp³-hybridized carbons (Fsp3) is 0.571. The van der Waals surface area contributed by atoms with E-state index < -0.39 is 0 Å². The number of aromatic nitrogens is 3. The van der Waals surface area contributed by atoms with E-state index in [4.69, 9.17) is 9.84 Å². The zero-order valence-corrected chi connectivity index (χ0v) is 16.8. The van der Waals surface area contributed by atoms with Crippen LogP contribution in [0, 0.1) is 6.92 Å². The minimum atomic E-state index is -0.0413. The van der Waals surface area contributed by atoms with E-state index >= 15 is 0 Å². The van der Waals surface area contributed by atoms with Crippen molar-refractivity contribution in [3.8, 4) is 0 Å². The molecule has 2 aliphatic rings. The van der Waals surface area contributed by atoms with Gasteiger partial charge in [-0.15, -0.1) is 0 Å². The summed E-state index contributed by atoms with van der Waals surface area (Å²) in [5, 5.41) is 8.02. The van der Waals surface area contributed by atoms with Crippen molar-refractivity contribution in [1.82, 2.24) is 25.0 Å². The first-order chi connectivity index (χ1) is 13.6. The highest BCUT2D eigenvalue weighted by Gasteiger charge is 2.26. The highest BCUT2D eigenvalue weighted by Crippen LogP contribution is 2.23. The van der Waals surface area contributed by atoms with Gasteiger partial charge < -0.3 is 10.1 Å². The van der Waals surface area contributed by atoms with E-state index in [1.807, 2.05) is 19.1 Å². The first-order valence-corrected chi connectivity index (χ1v) is 10.2. The number of carbonyl (C=O) groups excluding carboxylic acids is 1. The molecule has 1 saturated heterocycles. The number of rotatable bonds is 5. The van der Waals surface area contributed by atoms with Gasteiger partial charge >= 0.3 is 0 Å². The van der Waals surface area contributed by atoms with Gasteiger partial charge in [0.2, 0.25) is 0 Å². The van der Waals surface area contributed by atoms with Gasteiger partial charge in [-0.05, 0) is 45.4 Å². The van der Waals surface area contributed by atoms with Crippen molar-refractivity contribution in [2.45, 2.75) is 58.8 Å². The molecule has 1 fully saturated rings. The molecule has 0 radical (unpaired) electrons. The zero-order valence-electron chi connectivity index (χ0n) is 16.8. The molecule has 4 heterocycles. The Bertz CT molecular complexity index is 830. The molecule has 0 bridgehead atoms. The Morgan fingerprint density at radius 1 is 1.39 bits per heavy atom. The summed E-state index contributed by atoms with van der Waals surface area (Å²) in [6.07, 6.45) is 4.67. The number of aryl methyl sites for hydroxylation is 2.